The molecule has 3 nitrogen and oxygen atoms in total. The number of nitrogens with two attached hydrogens (primary N) is 2. The van der Waals surface area contributed by atoms with Gasteiger partial charge in [-0.05, 0) is 30.9 Å². The Morgan fingerprint density at radius 1 is 1.40 bits per heavy atom. The molecule has 4 heteroatoms. The first kappa shape index (κ1) is 10.8. The van der Waals surface area contributed by atoms with Crippen LogP contribution in [0.1, 0.15) is 30.9 Å². The molecule has 5 N–H and O–H groups in total. The molecule has 1 atom stereocenters. The highest BCUT2D eigenvalue weighted by Crippen LogP contribution is 2.43. The monoisotopic (exact) mass is 270 g/mol. The highest BCUT2D eigenvalue weighted by atomic mass is 79.9. The third-order valence-corrected chi connectivity index (χ3v) is 3.88. The second kappa shape index (κ2) is 4.02. The minimum absolute atomic E-state index is 0.114. The standard InChI is InChI=1S/C11H15BrN2O/c12-7-4-5-8(13)11(15)9(7)10(14)6-2-1-3-6/h4-6,10,15H,1-3,13-14H2/t10-/m1/s1. The second-order valence-corrected chi connectivity index (χ2v) is 4.97. The van der Waals surface area contributed by atoms with Crippen molar-refractivity contribution in [3.8, 4) is 5.75 Å². The summed E-state index contributed by atoms with van der Waals surface area (Å²) < 4.78 is 0.841. The van der Waals surface area contributed by atoms with E-state index in [9.17, 15) is 5.11 Å². The predicted octanol–water partition coefficient (Wildman–Crippen LogP) is 2.54. The number of anilines is 1. The van der Waals surface area contributed by atoms with Crippen LogP contribution >= 0.6 is 15.9 Å². The fraction of sp³-hybridized carbons (Fsp3) is 0.455. The van der Waals surface area contributed by atoms with Crippen LogP contribution in [0.3, 0.4) is 0 Å². The molecular weight excluding hydrogens is 256 g/mol. The van der Waals surface area contributed by atoms with Gasteiger partial charge in [0.2, 0.25) is 0 Å². The Kier molecular flexibility index (Phi) is 2.89. The summed E-state index contributed by atoms with van der Waals surface area (Å²) in [7, 11) is 0. The Morgan fingerprint density at radius 2 is 2.07 bits per heavy atom. The molecule has 0 radical (unpaired) electrons. The summed E-state index contributed by atoms with van der Waals surface area (Å²) in [5.74, 6) is 0.609. The van der Waals surface area contributed by atoms with E-state index in [2.05, 4.69) is 15.9 Å². The fourth-order valence-electron chi connectivity index (χ4n) is 1.95. The first-order valence-electron chi connectivity index (χ1n) is 5.13. The summed E-state index contributed by atoms with van der Waals surface area (Å²) in [5.41, 5.74) is 12.9. The molecule has 0 saturated heterocycles. The summed E-state index contributed by atoms with van der Waals surface area (Å²) in [6, 6.07) is 3.40. The topological polar surface area (TPSA) is 72.3 Å². The van der Waals surface area contributed by atoms with Crippen molar-refractivity contribution in [1.82, 2.24) is 0 Å². The molecule has 0 aromatic heterocycles. The zero-order valence-electron chi connectivity index (χ0n) is 8.41. The zero-order valence-corrected chi connectivity index (χ0v) is 10.00. The number of benzene rings is 1. The molecule has 1 aromatic rings. The lowest BCUT2D eigenvalue weighted by atomic mass is 9.77. The third kappa shape index (κ3) is 1.84. The maximum Gasteiger partial charge on any atom is 0.144 e. The van der Waals surface area contributed by atoms with Crippen molar-refractivity contribution in [1.29, 1.82) is 0 Å². The van der Waals surface area contributed by atoms with Gasteiger partial charge in [-0.15, -0.1) is 0 Å². The first-order valence-corrected chi connectivity index (χ1v) is 5.93. The number of halogens is 1. The molecule has 1 aromatic carbocycles. The number of hydrogen-bond acceptors (Lipinski definition) is 3. The van der Waals surface area contributed by atoms with E-state index in [1.807, 2.05) is 6.07 Å². The molecule has 82 valence electrons. The van der Waals surface area contributed by atoms with Gasteiger partial charge in [0.15, 0.2) is 0 Å². The molecule has 1 aliphatic rings. The first-order chi connectivity index (χ1) is 7.11. The van der Waals surface area contributed by atoms with Crippen LogP contribution in [0.2, 0.25) is 0 Å². The third-order valence-electron chi connectivity index (χ3n) is 3.19. The minimum atomic E-state index is -0.114. The molecule has 2 rings (SSSR count). The van der Waals surface area contributed by atoms with E-state index in [0.717, 1.165) is 22.9 Å². The molecular formula is C11H15BrN2O. The average Bonchev–Trinajstić information content (AvgIpc) is 2.09. The molecule has 1 fully saturated rings. The van der Waals surface area contributed by atoms with E-state index < -0.39 is 0 Å². The van der Waals surface area contributed by atoms with Crippen molar-refractivity contribution >= 4 is 21.6 Å². The van der Waals surface area contributed by atoms with E-state index in [-0.39, 0.29) is 11.8 Å². The zero-order chi connectivity index (χ0) is 11.0. The number of phenolic OH excluding ortho intramolecular Hbond substituents is 1. The van der Waals surface area contributed by atoms with Gasteiger partial charge in [0.1, 0.15) is 5.75 Å². The van der Waals surface area contributed by atoms with E-state index in [0.29, 0.717) is 11.6 Å². The smallest absolute Gasteiger partial charge is 0.144 e. The molecule has 0 spiro atoms. The van der Waals surface area contributed by atoms with Crippen LogP contribution in [-0.4, -0.2) is 5.11 Å². The van der Waals surface area contributed by atoms with Crippen molar-refractivity contribution < 1.29 is 5.11 Å². The van der Waals surface area contributed by atoms with E-state index >= 15 is 0 Å². The number of hydrogen-bond donors (Lipinski definition) is 3. The molecule has 0 aliphatic heterocycles. The minimum Gasteiger partial charge on any atom is -0.505 e. The summed E-state index contributed by atoms with van der Waals surface area (Å²) in [4.78, 5) is 0. The van der Waals surface area contributed by atoms with Crippen molar-refractivity contribution in [2.75, 3.05) is 5.73 Å². The fourth-order valence-corrected chi connectivity index (χ4v) is 2.54. The second-order valence-electron chi connectivity index (χ2n) is 4.12. The van der Waals surface area contributed by atoms with Gasteiger partial charge in [0.05, 0.1) is 5.69 Å². The molecule has 0 amide bonds. The summed E-state index contributed by atoms with van der Waals surface area (Å²) >= 11 is 3.41. The Bertz CT molecular complexity index is 377. The van der Waals surface area contributed by atoms with E-state index in [1.54, 1.807) is 6.07 Å². The summed E-state index contributed by atoms with van der Waals surface area (Å²) in [5, 5.41) is 9.88. The van der Waals surface area contributed by atoms with Gasteiger partial charge in [-0.25, -0.2) is 0 Å². The van der Waals surface area contributed by atoms with Crippen molar-refractivity contribution in [2.24, 2.45) is 11.7 Å². The maximum absolute atomic E-state index is 9.88. The van der Waals surface area contributed by atoms with E-state index in [4.69, 9.17) is 11.5 Å². The van der Waals surface area contributed by atoms with Crippen LogP contribution in [0, 0.1) is 5.92 Å². The highest BCUT2D eigenvalue weighted by Gasteiger charge is 2.29. The van der Waals surface area contributed by atoms with Crippen LogP contribution in [0.5, 0.6) is 5.75 Å². The number of nitrogen functional groups attached to an aromatic ring is 1. The van der Waals surface area contributed by atoms with Gasteiger partial charge in [-0.3, -0.25) is 0 Å². The molecule has 0 heterocycles. The lowest BCUT2D eigenvalue weighted by Gasteiger charge is -2.32. The van der Waals surface area contributed by atoms with Gasteiger partial charge < -0.3 is 16.6 Å². The molecule has 0 bridgehead atoms. The normalized spacial score (nSPS) is 18.5. The van der Waals surface area contributed by atoms with Gasteiger partial charge in [-0.1, -0.05) is 22.4 Å². The van der Waals surface area contributed by atoms with Gasteiger partial charge in [0, 0.05) is 16.1 Å². The molecule has 15 heavy (non-hydrogen) atoms. The van der Waals surface area contributed by atoms with Crippen LogP contribution < -0.4 is 11.5 Å². The van der Waals surface area contributed by atoms with Gasteiger partial charge >= 0.3 is 0 Å². The van der Waals surface area contributed by atoms with Crippen LogP contribution in [0.15, 0.2) is 16.6 Å². The summed E-state index contributed by atoms with van der Waals surface area (Å²) in [6.07, 6.45) is 3.52. The Morgan fingerprint density at radius 3 is 2.60 bits per heavy atom. The van der Waals surface area contributed by atoms with Crippen molar-refractivity contribution in [3.05, 3.63) is 22.2 Å². The van der Waals surface area contributed by atoms with Gasteiger partial charge in [-0.2, -0.15) is 0 Å². The number of rotatable bonds is 2. The Hall–Kier alpha value is -0.740. The average molecular weight is 271 g/mol. The van der Waals surface area contributed by atoms with Crippen molar-refractivity contribution in [2.45, 2.75) is 25.3 Å². The Labute approximate surface area is 97.6 Å². The number of phenols is 1. The molecule has 0 unspecified atom stereocenters. The Balaban J connectivity index is 2.36. The highest BCUT2D eigenvalue weighted by molar-refractivity contribution is 9.10. The SMILES string of the molecule is Nc1ccc(Br)c([C@H](N)C2CCC2)c1O. The van der Waals surface area contributed by atoms with Crippen LogP contribution in [0.25, 0.3) is 0 Å². The quantitative estimate of drug-likeness (QED) is 0.571. The van der Waals surface area contributed by atoms with Crippen LogP contribution in [0.4, 0.5) is 5.69 Å². The number of aromatic hydroxyl groups is 1. The lowest BCUT2D eigenvalue weighted by molar-refractivity contribution is 0.260. The molecule has 1 saturated carbocycles. The summed E-state index contributed by atoms with van der Waals surface area (Å²) in [6.45, 7) is 0. The van der Waals surface area contributed by atoms with E-state index in [1.165, 1.54) is 6.42 Å². The maximum atomic E-state index is 9.88. The molecule has 1 aliphatic carbocycles. The van der Waals surface area contributed by atoms with Crippen LogP contribution in [-0.2, 0) is 0 Å². The largest absolute Gasteiger partial charge is 0.505 e. The van der Waals surface area contributed by atoms with Gasteiger partial charge in [0.25, 0.3) is 0 Å². The predicted molar refractivity (Wildman–Crippen MR) is 64.5 cm³/mol. The lowest BCUT2D eigenvalue weighted by Crippen LogP contribution is -2.27. The van der Waals surface area contributed by atoms with Crippen molar-refractivity contribution in [3.63, 3.8) is 0 Å².